The molecule has 5 nitrogen and oxygen atoms in total. The van der Waals surface area contributed by atoms with Crippen LogP contribution in [0.5, 0.6) is 0 Å². The average molecular weight is 421 g/mol. The van der Waals surface area contributed by atoms with E-state index in [1.165, 1.54) is 16.4 Å². The number of carbonyl (C=O) groups excluding carboxylic acids is 1. The predicted octanol–water partition coefficient (Wildman–Crippen LogP) is 4.04. The van der Waals surface area contributed by atoms with Crippen LogP contribution in [0.1, 0.15) is 39.5 Å². The highest BCUT2D eigenvalue weighted by atomic mass is 35.5. The number of carbonyl (C=O) groups is 1. The van der Waals surface area contributed by atoms with Crippen molar-refractivity contribution in [3.63, 3.8) is 0 Å². The van der Waals surface area contributed by atoms with Crippen LogP contribution in [0, 0.1) is 5.92 Å². The number of piperazine rings is 1. The molecule has 0 spiro atoms. The van der Waals surface area contributed by atoms with Crippen LogP contribution in [0.3, 0.4) is 0 Å². The Bertz CT molecular complexity index is 732. The van der Waals surface area contributed by atoms with Gasteiger partial charge >= 0.3 is 0 Å². The molecule has 1 atom stereocenters. The lowest BCUT2D eigenvalue weighted by atomic mass is 9.97. The van der Waals surface area contributed by atoms with E-state index in [0.717, 1.165) is 25.7 Å². The van der Waals surface area contributed by atoms with Gasteiger partial charge in [-0.25, -0.2) is 8.42 Å². The second kappa shape index (κ2) is 9.40. The summed E-state index contributed by atoms with van der Waals surface area (Å²) in [6, 6.07) is 4.41. The second-order valence-corrected chi connectivity index (χ2v) is 9.30. The van der Waals surface area contributed by atoms with Crippen molar-refractivity contribution in [2.24, 2.45) is 5.92 Å². The molecule has 0 aliphatic carbocycles. The first-order valence-corrected chi connectivity index (χ1v) is 11.2. The minimum atomic E-state index is -3.73. The molecule has 1 unspecified atom stereocenters. The molecule has 0 N–H and O–H groups in total. The molecule has 8 heteroatoms. The lowest BCUT2D eigenvalue weighted by Gasteiger charge is -2.35. The Morgan fingerprint density at radius 1 is 1.15 bits per heavy atom. The van der Waals surface area contributed by atoms with Crippen LogP contribution in [-0.2, 0) is 14.8 Å². The number of rotatable bonds is 7. The minimum absolute atomic E-state index is 0.0147. The smallest absolute Gasteiger partial charge is 0.244 e. The Balaban J connectivity index is 2.05. The van der Waals surface area contributed by atoms with Gasteiger partial charge < -0.3 is 4.90 Å². The monoisotopic (exact) mass is 420 g/mol. The summed E-state index contributed by atoms with van der Waals surface area (Å²) in [7, 11) is -3.73. The Kier molecular flexibility index (Phi) is 7.76. The van der Waals surface area contributed by atoms with Crippen molar-refractivity contribution in [3.05, 3.63) is 28.2 Å². The molecule has 1 amide bonds. The van der Waals surface area contributed by atoms with Crippen molar-refractivity contribution < 1.29 is 13.2 Å². The zero-order valence-electron chi connectivity index (χ0n) is 15.2. The van der Waals surface area contributed by atoms with E-state index >= 15 is 0 Å². The maximum atomic E-state index is 12.8. The van der Waals surface area contributed by atoms with E-state index in [2.05, 4.69) is 6.92 Å². The third kappa shape index (κ3) is 4.91. The SMILES string of the molecule is CCCCC(CC)C(=O)N1CCN(S(=O)(=O)c2cc(Cl)ccc2Cl)CC1. The van der Waals surface area contributed by atoms with Crippen molar-refractivity contribution in [3.8, 4) is 0 Å². The molecule has 1 aliphatic heterocycles. The van der Waals surface area contributed by atoms with E-state index in [0.29, 0.717) is 18.1 Å². The normalized spacial score (nSPS) is 17.3. The third-order valence-electron chi connectivity index (χ3n) is 4.81. The fourth-order valence-electron chi connectivity index (χ4n) is 3.17. The van der Waals surface area contributed by atoms with Gasteiger partial charge in [-0.3, -0.25) is 4.79 Å². The van der Waals surface area contributed by atoms with Gasteiger partial charge in [-0.1, -0.05) is 49.9 Å². The number of hydrogen-bond donors (Lipinski definition) is 0. The zero-order chi connectivity index (χ0) is 19.3. The van der Waals surface area contributed by atoms with Gasteiger partial charge in [-0.15, -0.1) is 0 Å². The first-order valence-electron chi connectivity index (χ1n) is 9.05. The first kappa shape index (κ1) is 21.5. The van der Waals surface area contributed by atoms with Crippen LogP contribution >= 0.6 is 23.2 Å². The summed E-state index contributed by atoms with van der Waals surface area (Å²) in [6.45, 7) is 5.47. The van der Waals surface area contributed by atoms with Crippen molar-refractivity contribution in [1.29, 1.82) is 0 Å². The van der Waals surface area contributed by atoms with Gasteiger partial charge in [0.2, 0.25) is 15.9 Å². The number of sulfonamides is 1. The van der Waals surface area contributed by atoms with E-state index in [9.17, 15) is 13.2 Å². The summed E-state index contributed by atoms with van der Waals surface area (Å²) < 4.78 is 27.1. The van der Waals surface area contributed by atoms with E-state index in [1.807, 2.05) is 6.92 Å². The summed E-state index contributed by atoms with van der Waals surface area (Å²) in [5, 5.41) is 0.474. The lowest BCUT2D eigenvalue weighted by molar-refractivity contribution is -0.137. The Morgan fingerprint density at radius 2 is 1.81 bits per heavy atom. The zero-order valence-corrected chi connectivity index (χ0v) is 17.6. The topological polar surface area (TPSA) is 57.7 Å². The predicted molar refractivity (Wildman–Crippen MR) is 105 cm³/mol. The number of nitrogens with zero attached hydrogens (tertiary/aromatic N) is 2. The van der Waals surface area contributed by atoms with Crippen molar-refractivity contribution in [1.82, 2.24) is 9.21 Å². The quantitative estimate of drug-likeness (QED) is 0.668. The molecule has 1 aromatic rings. The Labute approximate surface area is 166 Å². The van der Waals surface area contributed by atoms with Gasteiger partial charge in [0, 0.05) is 37.1 Å². The molecule has 1 saturated heterocycles. The molecule has 0 bridgehead atoms. The fourth-order valence-corrected chi connectivity index (χ4v) is 5.33. The molecule has 0 saturated carbocycles. The van der Waals surface area contributed by atoms with Crippen LogP contribution in [0.4, 0.5) is 0 Å². The van der Waals surface area contributed by atoms with Gasteiger partial charge in [-0.05, 0) is 31.0 Å². The summed E-state index contributed by atoms with van der Waals surface area (Å²) in [6.07, 6.45) is 3.81. The van der Waals surface area contributed by atoms with Gasteiger partial charge in [0.05, 0.1) is 5.02 Å². The fraction of sp³-hybridized carbons (Fsp3) is 0.611. The highest BCUT2D eigenvalue weighted by molar-refractivity contribution is 7.89. The molecule has 26 heavy (non-hydrogen) atoms. The van der Waals surface area contributed by atoms with E-state index in [1.54, 1.807) is 11.0 Å². The third-order valence-corrected chi connectivity index (χ3v) is 7.42. The molecule has 1 fully saturated rings. The van der Waals surface area contributed by atoms with E-state index in [-0.39, 0.29) is 34.8 Å². The van der Waals surface area contributed by atoms with Crippen LogP contribution in [0.25, 0.3) is 0 Å². The number of unbranched alkanes of at least 4 members (excludes halogenated alkanes) is 1. The molecule has 0 aromatic heterocycles. The van der Waals surface area contributed by atoms with Crippen LogP contribution < -0.4 is 0 Å². The summed E-state index contributed by atoms with van der Waals surface area (Å²) >= 11 is 12.0. The minimum Gasteiger partial charge on any atom is -0.340 e. The highest BCUT2D eigenvalue weighted by Gasteiger charge is 2.33. The summed E-state index contributed by atoms with van der Waals surface area (Å²) in [5.74, 6) is 0.166. The first-order chi connectivity index (χ1) is 12.3. The summed E-state index contributed by atoms with van der Waals surface area (Å²) in [4.78, 5) is 14.5. The Hall–Kier alpha value is -0.820. The van der Waals surface area contributed by atoms with Crippen LogP contribution in [0.15, 0.2) is 23.1 Å². The number of benzene rings is 1. The molecular formula is C18H26Cl2N2O3S. The maximum Gasteiger partial charge on any atom is 0.244 e. The standard InChI is InChI=1S/C18H26Cl2N2O3S/c1-3-5-6-14(4-2)18(23)21-9-11-22(12-10-21)26(24,25)17-13-15(19)7-8-16(17)20/h7-8,13-14H,3-6,9-12H2,1-2H3. The molecule has 2 rings (SSSR count). The van der Waals surface area contributed by atoms with E-state index < -0.39 is 10.0 Å². The van der Waals surface area contributed by atoms with Crippen LogP contribution in [-0.4, -0.2) is 49.7 Å². The van der Waals surface area contributed by atoms with Gasteiger partial charge in [-0.2, -0.15) is 4.31 Å². The van der Waals surface area contributed by atoms with Gasteiger partial charge in [0.15, 0.2) is 0 Å². The van der Waals surface area contributed by atoms with Crippen molar-refractivity contribution in [2.45, 2.75) is 44.4 Å². The molecule has 1 aromatic carbocycles. The maximum absolute atomic E-state index is 12.8. The lowest BCUT2D eigenvalue weighted by Crippen LogP contribution is -2.51. The Morgan fingerprint density at radius 3 is 2.38 bits per heavy atom. The van der Waals surface area contributed by atoms with Crippen LogP contribution in [0.2, 0.25) is 10.0 Å². The molecule has 146 valence electrons. The second-order valence-electron chi connectivity index (χ2n) is 6.55. The molecule has 1 heterocycles. The number of amides is 1. The number of halogens is 2. The summed E-state index contributed by atoms with van der Waals surface area (Å²) in [5.41, 5.74) is 0. The molecular weight excluding hydrogens is 395 g/mol. The highest BCUT2D eigenvalue weighted by Crippen LogP contribution is 2.28. The largest absolute Gasteiger partial charge is 0.340 e. The average Bonchev–Trinajstić information content (AvgIpc) is 2.64. The van der Waals surface area contributed by atoms with Gasteiger partial charge in [0.25, 0.3) is 0 Å². The van der Waals surface area contributed by atoms with E-state index in [4.69, 9.17) is 23.2 Å². The van der Waals surface area contributed by atoms with Crippen molar-refractivity contribution in [2.75, 3.05) is 26.2 Å². The number of hydrogen-bond acceptors (Lipinski definition) is 3. The van der Waals surface area contributed by atoms with Crippen molar-refractivity contribution >= 4 is 39.1 Å². The molecule has 0 radical (unpaired) electrons. The molecule has 1 aliphatic rings. The van der Waals surface area contributed by atoms with Gasteiger partial charge in [0.1, 0.15) is 4.90 Å².